The predicted molar refractivity (Wildman–Crippen MR) is 172 cm³/mol. The third-order valence-electron chi connectivity index (χ3n) is 7.30. The van der Waals surface area contributed by atoms with Gasteiger partial charge < -0.3 is 18.9 Å². The van der Waals surface area contributed by atoms with Crippen molar-refractivity contribution in [2.75, 3.05) is 13.2 Å². The molecule has 1 aliphatic heterocycles. The lowest BCUT2D eigenvalue weighted by atomic mass is 10.0. The molecule has 0 radical (unpaired) electrons. The predicted octanol–water partition coefficient (Wildman–Crippen LogP) is 9.85. The van der Waals surface area contributed by atoms with Gasteiger partial charge in [-0.05, 0) is 83.1 Å². The third-order valence-corrected chi connectivity index (χ3v) is 7.30. The molecule has 4 rings (SSSR count). The number of rotatable bonds is 15. The maximum absolute atomic E-state index is 6.51. The monoisotopic (exact) mass is 566 g/mol. The number of hydrogen-bond donors (Lipinski definition) is 0. The molecule has 0 aromatic heterocycles. The zero-order valence-corrected chi connectivity index (χ0v) is 25.7. The molecule has 0 amide bonds. The first kappa shape index (κ1) is 31.3. The van der Waals surface area contributed by atoms with Crippen LogP contribution in [0.3, 0.4) is 0 Å². The molecule has 0 saturated carbocycles. The van der Waals surface area contributed by atoms with Gasteiger partial charge in [0.2, 0.25) is 0 Å². The molecule has 222 valence electrons. The number of allylic oxidation sites excluding steroid dienone is 6. The van der Waals surface area contributed by atoms with Crippen molar-refractivity contribution in [1.29, 1.82) is 0 Å². The van der Waals surface area contributed by atoms with E-state index >= 15 is 0 Å². The average Bonchev–Trinajstić information content (AvgIpc) is 3.54. The third kappa shape index (κ3) is 10.3. The minimum Gasteiger partial charge on any atom is -0.485 e. The Bertz CT molecular complexity index is 1330. The van der Waals surface area contributed by atoms with E-state index in [0.29, 0.717) is 32.2 Å². The van der Waals surface area contributed by atoms with Crippen molar-refractivity contribution >= 4 is 0 Å². The summed E-state index contributed by atoms with van der Waals surface area (Å²) in [6, 6.07) is 24.6. The Labute approximate surface area is 252 Å². The van der Waals surface area contributed by atoms with E-state index < -0.39 is 6.29 Å². The molecular weight excluding hydrogens is 520 g/mol. The second-order valence-corrected chi connectivity index (χ2v) is 11.3. The molecule has 0 unspecified atom stereocenters. The molecule has 1 heterocycles. The van der Waals surface area contributed by atoms with Gasteiger partial charge in [0.05, 0.1) is 13.2 Å². The van der Waals surface area contributed by atoms with Crippen LogP contribution in [-0.4, -0.2) is 13.2 Å². The summed E-state index contributed by atoms with van der Waals surface area (Å²) in [7, 11) is 0. The van der Waals surface area contributed by atoms with Gasteiger partial charge in [-0.25, -0.2) is 0 Å². The minimum atomic E-state index is -0.393. The summed E-state index contributed by atoms with van der Waals surface area (Å²) in [5, 5.41) is 0. The quantitative estimate of drug-likeness (QED) is 0.172. The fraction of sp³-hybridized carbons (Fsp3) is 0.368. The average molecular weight is 567 g/mol. The normalized spacial score (nSPS) is 14.2. The largest absolute Gasteiger partial charge is 0.485 e. The van der Waals surface area contributed by atoms with Gasteiger partial charge in [-0.15, -0.1) is 0 Å². The van der Waals surface area contributed by atoms with Gasteiger partial charge in [0, 0.05) is 11.1 Å². The molecule has 0 N–H and O–H groups in total. The van der Waals surface area contributed by atoms with Crippen LogP contribution in [0.4, 0.5) is 0 Å². The zero-order valence-electron chi connectivity index (χ0n) is 25.7. The molecule has 4 nitrogen and oxygen atoms in total. The van der Waals surface area contributed by atoms with Crippen LogP contribution in [0.1, 0.15) is 81.9 Å². The van der Waals surface area contributed by atoms with Crippen molar-refractivity contribution in [3.8, 4) is 11.5 Å². The maximum atomic E-state index is 6.51. The van der Waals surface area contributed by atoms with E-state index in [1.54, 1.807) is 0 Å². The Morgan fingerprint density at radius 3 is 1.90 bits per heavy atom. The molecule has 0 spiro atoms. The fourth-order valence-electron chi connectivity index (χ4n) is 4.88. The number of hydrogen-bond acceptors (Lipinski definition) is 4. The van der Waals surface area contributed by atoms with E-state index in [-0.39, 0.29) is 0 Å². The summed E-state index contributed by atoms with van der Waals surface area (Å²) < 4.78 is 24.7. The Balaban J connectivity index is 1.55. The highest BCUT2D eigenvalue weighted by molar-refractivity contribution is 5.51. The van der Waals surface area contributed by atoms with Gasteiger partial charge in [0.25, 0.3) is 0 Å². The maximum Gasteiger partial charge on any atom is 0.184 e. The van der Waals surface area contributed by atoms with Crippen LogP contribution in [0, 0.1) is 0 Å². The SMILES string of the molecule is CC(C)=CCC/C(C)=C/CC/C(C)=C/Cc1cc(C2OCCO2)cc(OCc2ccccc2)c1OCc1ccccc1. The molecule has 1 aliphatic rings. The van der Waals surface area contributed by atoms with E-state index in [1.807, 2.05) is 42.5 Å². The molecule has 3 aromatic rings. The van der Waals surface area contributed by atoms with Crippen LogP contribution in [0.15, 0.2) is 108 Å². The second-order valence-electron chi connectivity index (χ2n) is 11.3. The molecular formula is C38H46O4. The zero-order chi connectivity index (χ0) is 29.6. The summed E-state index contributed by atoms with van der Waals surface area (Å²) in [5.74, 6) is 1.48. The van der Waals surface area contributed by atoms with Crippen LogP contribution in [-0.2, 0) is 29.1 Å². The van der Waals surface area contributed by atoms with Crippen LogP contribution in [0.5, 0.6) is 11.5 Å². The first-order valence-corrected chi connectivity index (χ1v) is 15.2. The van der Waals surface area contributed by atoms with Gasteiger partial charge in [-0.3, -0.25) is 0 Å². The molecule has 0 bridgehead atoms. The van der Waals surface area contributed by atoms with Crippen molar-refractivity contribution in [3.63, 3.8) is 0 Å². The highest BCUT2D eigenvalue weighted by atomic mass is 16.7. The van der Waals surface area contributed by atoms with E-state index in [9.17, 15) is 0 Å². The number of benzene rings is 3. The number of ether oxygens (including phenoxy) is 4. The lowest BCUT2D eigenvalue weighted by Crippen LogP contribution is -2.06. The molecule has 1 saturated heterocycles. The highest BCUT2D eigenvalue weighted by Crippen LogP contribution is 2.38. The molecule has 1 fully saturated rings. The van der Waals surface area contributed by atoms with Gasteiger partial charge in [-0.1, -0.05) is 95.6 Å². The van der Waals surface area contributed by atoms with Crippen LogP contribution < -0.4 is 9.47 Å². The summed E-state index contributed by atoms with van der Waals surface area (Å²) >= 11 is 0. The lowest BCUT2D eigenvalue weighted by Gasteiger charge is -2.20. The van der Waals surface area contributed by atoms with Gasteiger partial charge in [0.15, 0.2) is 17.8 Å². The van der Waals surface area contributed by atoms with E-state index in [0.717, 1.165) is 60.1 Å². The Kier molecular flexibility index (Phi) is 12.5. The first-order chi connectivity index (χ1) is 20.5. The smallest absolute Gasteiger partial charge is 0.184 e. The lowest BCUT2D eigenvalue weighted by molar-refractivity contribution is -0.0443. The van der Waals surface area contributed by atoms with Gasteiger partial charge in [-0.2, -0.15) is 0 Å². The van der Waals surface area contributed by atoms with E-state index in [2.05, 4.69) is 76.3 Å². The van der Waals surface area contributed by atoms with E-state index in [1.165, 1.54) is 16.7 Å². The van der Waals surface area contributed by atoms with Crippen molar-refractivity contribution in [3.05, 3.63) is 130 Å². The second kappa shape index (κ2) is 16.7. The van der Waals surface area contributed by atoms with Crippen LogP contribution in [0.25, 0.3) is 0 Å². The summed E-state index contributed by atoms with van der Waals surface area (Å²) in [6.07, 6.45) is 11.7. The summed E-state index contributed by atoms with van der Waals surface area (Å²) in [4.78, 5) is 0. The highest BCUT2D eigenvalue weighted by Gasteiger charge is 2.23. The minimum absolute atomic E-state index is 0.393. The summed E-state index contributed by atoms with van der Waals surface area (Å²) in [6.45, 7) is 10.9. The Morgan fingerprint density at radius 2 is 1.29 bits per heavy atom. The molecule has 0 aliphatic carbocycles. The van der Waals surface area contributed by atoms with Gasteiger partial charge in [0.1, 0.15) is 13.2 Å². The molecule has 42 heavy (non-hydrogen) atoms. The fourth-order valence-corrected chi connectivity index (χ4v) is 4.88. The topological polar surface area (TPSA) is 36.9 Å². The standard InChI is InChI=1S/C38H46O4/c1-29(2)13-11-14-30(3)15-12-16-31(4)21-22-34-25-35(38-39-23-24-40-38)26-36(41-27-32-17-7-5-8-18-32)37(34)42-28-33-19-9-6-10-20-33/h5-10,13,15,17-21,25-26,38H,11-12,14,16,22-24,27-28H2,1-4H3/b30-15+,31-21+. The van der Waals surface area contributed by atoms with Crippen molar-refractivity contribution in [2.24, 2.45) is 0 Å². The van der Waals surface area contributed by atoms with Crippen LogP contribution in [0.2, 0.25) is 0 Å². The Hall–Kier alpha value is -3.60. The first-order valence-electron chi connectivity index (χ1n) is 15.2. The molecule has 3 aromatic carbocycles. The van der Waals surface area contributed by atoms with Crippen LogP contribution >= 0.6 is 0 Å². The van der Waals surface area contributed by atoms with Crippen molar-refractivity contribution in [1.82, 2.24) is 0 Å². The van der Waals surface area contributed by atoms with Crippen molar-refractivity contribution in [2.45, 2.75) is 79.3 Å². The molecule has 4 heteroatoms. The summed E-state index contributed by atoms with van der Waals surface area (Å²) in [5.41, 5.74) is 8.45. The molecule has 0 atom stereocenters. The van der Waals surface area contributed by atoms with Crippen molar-refractivity contribution < 1.29 is 18.9 Å². The van der Waals surface area contributed by atoms with E-state index in [4.69, 9.17) is 18.9 Å². The Morgan fingerprint density at radius 1 is 0.714 bits per heavy atom. The van der Waals surface area contributed by atoms with Gasteiger partial charge >= 0.3 is 0 Å².